The van der Waals surface area contributed by atoms with Gasteiger partial charge in [-0.1, -0.05) is 0 Å². The normalized spacial score (nSPS) is 25.2. The van der Waals surface area contributed by atoms with Gasteiger partial charge in [0.1, 0.15) is 0 Å². The van der Waals surface area contributed by atoms with E-state index >= 15 is 0 Å². The van der Waals surface area contributed by atoms with Crippen LogP contribution in [0.2, 0.25) is 0 Å². The Morgan fingerprint density at radius 3 is 2.94 bits per heavy atom. The van der Waals surface area contributed by atoms with Crippen LogP contribution in [0.4, 0.5) is 0 Å². The number of carbonyl (C=O) groups is 2. The van der Waals surface area contributed by atoms with Gasteiger partial charge in [0.2, 0.25) is 5.91 Å². The van der Waals surface area contributed by atoms with Gasteiger partial charge in [0.15, 0.2) is 0 Å². The van der Waals surface area contributed by atoms with Gasteiger partial charge in [-0.15, -0.1) is 0 Å². The quantitative estimate of drug-likeness (QED) is 0.663. The Morgan fingerprint density at radius 1 is 1.47 bits per heavy atom. The lowest BCUT2D eigenvalue weighted by Crippen LogP contribution is -2.52. The highest BCUT2D eigenvalue weighted by molar-refractivity contribution is 5.79. The molecular formula is C12H20N2O3. The van der Waals surface area contributed by atoms with Crippen molar-refractivity contribution in [2.45, 2.75) is 38.8 Å². The first-order chi connectivity index (χ1) is 8.06. The predicted molar refractivity (Wildman–Crippen MR) is 62.4 cm³/mol. The summed E-state index contributed by atoms with van der Waals surface area (Å²) in [5.74, 6) is 0.0946. The summed E-state index contributed by atoms with van der Waals surface area (Å²) in [5.41, 5.74) is 0. The van der Waals surface area contributed by atoms with Gasteiger partial charge in [0, 0.05) is 32.1 Å². The maximum absolute atomic E-state index is 11.5. The fourth-order valence-electron chi connectivity index (χ4n) is 2.56. The first kappa shape index (κ1) is 12.4. The van der Waals surface area contributed by atoms with E-state index in [9.17, 15) is 9.59 Å². The molecule has 1 amide bonds. The molecule has 0 aromatic heterocycles. The van der Waals surface area contributed by atoms with E-state index in [0.717, 1.165) is 26.1 Å². The zero-order valence-corrected chi connectivity index (χ0v) is 10.5. The molecule has 5 heteroatoms. The summed E-state index contributed by atoms with van der Waals surface area (Å²) in [6.45, 7) is 6.38. The summed E-state index contributed by atoms with van der Waals surface area (Å²) in [5, 5.41) is 0. The zero-order valence-electron chi connectivity index (χ0n) is 10.5. The third-order valence-electron chi connectivity index (χ3n) is 3.30. The van der Waals surface area contributed by atoms with Crippen molar-refractivity contribution in [3.05, 3.63) is 0 Å². The van der Waals surface area contributed by atoms with E-state index < -0.39 is 0 Å². The lowest BCUT2D eigenvalue weighted by Gasteiger charge is -2.37. The Kier molecular flexibility index (Phi) is 3.66. The van der Waals surface area contributed by atoms with Crippen molar-refractivity contribution >= 4 is 11.9 Å². The highest BCUT2D eigenvalue weighted by Crippen LogP contribution is 2.22. The number of esters is 1. The molecule has 96 valence electrons. The van der Waals surface area contributed by atoms with Gasteiger partial charge < -0.3 is 9.64 Å². The van der Waals surface area contributed by atoms with E-state index in [4.69, 9.17) is 4.74 Å². The molecule has 2 aliphatic heterocycles. The maximum atomic E-state index is 11.5. The summed E-state index contributed by atoms with van der Waals surface area (Å²) in [4.78, 5) is 27.1. The fraction of sp³-hybridized carbons (Fsp3) is 0.833. The van der Waals surface area contributed by atoms with Crippen LogP contribution in [0.15, 0.2) is 0 Å². The monoisotopic (exact) mass is 240 g/mol. The van der Waals surface area contributed by atoms with Crippen molar-refractivity contribution < 1.29 is 14.3 Å². The van der Waals surface area contributed by atoms with Crippen LogP contribution in [-0.4, -0.2) is 60.0 Å². The van der Waals surface area contributed by atoms with Crippen LogP contribution in [0, 0.1) is 0 Å². The molecule has 0 aromatic carbocycles. The Balaban J connectivity index is 1.81. The largest absolute Gasteiger partial charge is 0.462 e. The van der Waals surface area contributed by atoms with Gasteiger partial charge >= 0.3 is 5.97 Å². The molecule has 0 radical (unpaired) electrons. The number of ether oxygens (including phenoxy) is 1. The molecule has 5 nitrogen and oxygen atoms in total. The Bertz CT molecular complexity index is 317. The molecule has 0 spiro atoms. The lowest BCUT2D eigenvalue weighted by molar-refractivity contribution is -0.149. The molecule has 0 aromatic rings. The van der Waals surface area contributed by atoms with Crippen molar-refractivity contribution in [1.82, 2.24) is 9.80 Å². The molecule has 2 aliphatic rings. The number of carbonyl (C=O) groups excluding carboxylic acids is 2. The van der Waals surface area contributed by atoms with Crippen LogP contribution in [0.3, 0.4) is 0 Å². The number of nitrogens with zero attached hydrogens (tertiary/aromatic N) is 2. The van der Waals surface area contributed by atoms with E-state index in [1.165, 1.54) is 0 Å². The second-order valence-corrected chi connectivity index (χ2v) is 5.05. The first-order valence-electron chi connectivity index (χ1n) is 6.27. The van der Waals surface area contributed by atoms with Gasteiger partial charge in [-0.3, -0.25) is 14.5 Å². The highest BCUT2D eigenvalue weighted by atomic mass is 16.5. The molecule has 2 rings (SSSR count). The Labute approximate surface area is 102 Å². The number of amides is 1. The molecule has 2 saturated heterocycles. The van der Waals surface area contributed by atoms with Gasteiger partial charge in [0.05, 0.1) is 12.6 Å². The molecule has 0 aliphatic carbocycles. The van der Waals surface area contributed by atoms with E-state index in [0.29, 0.717) is 19.0 Å². The Hall–Kier alpha value is -1.10. The minimum atomic E-state index is -0.169. The van der Waals surface area contributed by atoms with Crippen molar-refractivity contribution in [2.24, 2.45) is 0 Å². The van der Waals surface area contributed by atoms with E-state index in [2.05, 4.69) is 4.90 Å². The molecule has 2 heterocycles. The predicted octanol–water partition coefficient (Wildman–Crippen LogP) is 0.245. The molecule has 17 heavy (non-hydrogen) atoms. The molecular weight excluding hydrogens is 220 g/mol. The van der Waals surface area contributed by atoms with E-state index in [1.807, 2.05) is 18.7 Å². The van der Waals surface area contributed by atoms with Crippen molar-refractivity contribution in [1.29, 1.82) is 0 Å². The number of fused-ring (bicyclic) bond motifs is 1. The summed E-state index contributed by atoms with van der Waals surface area (Å²) < 4.78 is 5.12. The third-order valence-corrected chi connectivity index (χ3v) is 3.30. The van der Waals surface area contributed by atoms with Crippen LogP contribution >= 0.6 is 0 Å². The van der Waals surface area contributed by atoms with Crippen LogP contribution in [0.5, 0.6) is 0 Å². The smallest absolute Gasteiger partial charge is 0.320 e. The average Bonchev–Trinajstić information content (AvgIpc) is 2.58. The highest BCUT2D eigenvalue weighted by Gasteiger charge is 2.35. The Morgan fingerprint density at radius 2 is 2.24 bits per heavy atom. The molecule has 0 N–H and O–H groups in total. The van der Waals surface area contributed by atoms with Crippen LogP contribution in [-0.2, 0) is 14.3 Å². The molecule has 1 unspecified atom stereocenters. The SMILES string of the molecule is CC(C)OC(=O)CN1CCN2C(=O)CCC2C1. The number of rotatable bonds is 3. The molecule has 0 bridgehead atoms. The summed E-state index contributed by atoms with van der Waals surface area (Å²) in [7, 11) is 0. The second-order valence-electron chi connectivity index (χ2n) is 5.05. The van der Waals surface area contributed by atoms with Crippen LogP contribution in [0.25, 0.3) is 0 Å². The summed E-state index contributed by atoms with van der Waals surface area (Å²) >= 11 is 0. The minimum absolute atomic E-state index is 0.0585. The van der Waals surface area contributed by atoms with Crippen molar-refractivity contribution in [2.75, 3.05) is 26.2 Å². The van der Waals surface area contributed by atoms with Crippen molar-refractivity contribution in [3.8, 4) is 0 Å². The van der Waals surface area contributed by atoms with Gasteiger partial charge in [-0.05, 0) is 20.3 Å². The molecule has 1 atom stereocenters. The number of piperazine rings is 1. The molecule has 0 saturated carbocycles. The standard InChI is InChI=1S/C12H20N2O3/c1-9(2)17-12(16)8-13-5-6-14-10(7-13)3-4-11(14)15/h9-10H,3-8H2,1-2H3. The zero-order chi connectivity index (χ0) is 12.4. The number of hydrogen-bond acceptors (Lipinski definition) is 4. The van der Waals surface area contributed by atoms with Crippen LogP contribution in [0.1, 0.15) is 26.7 Å². The average molecular weight is 240 g/mol. The first-order valence-corrected chi connectivity index (χ1v) is 6.27. The van der Waals surface area contributed by atoms with Gasteiger partial charge in [-0.25, -0.2) is 0 Å². The molecule has 2 fully saturated rings. The van der Waals surface area contributed by atoms with Crippen LogP contribution < -0.4 is 0 Å². The van der Waals surface area contributed by atoms with E-state index in [-0.39, 0.29) is 18.0 Å². The number of hydrogen-bond donors (Lipinski definition) is 0. The lowest BCUT2D eigenvalue weighted by atomic mass is 10.1. The fourth-order valence-corrected chi connectivity index (χ4v) is 2.56. The van der Waals surface area contributed by atoms with Gasteiger partial charge in [-0.2, -0.15) is 0 Å². The third kappa shape index (κ3) is 2.97. The summed E-state index contributed by atoms with van der Waals surface area (Å²) in [6, 6.07) is 0.308. The minimum Gasteiger partial charge on any atom is -0.462 e. The topological polar surface area (TPSA) is 49.9 Å². The van der Waals surface area contributed by atoms with E-state index in [1.54, 1.807) is 0 Å². The van der Waals surface area contributed by atoms with Gasteiger partial charge in [0.25, 0.3) is 0 Å². The summed E-state index contributed by atoms with van der Waals surface area (Å²) in [6.07, 6.45) is 1.53. The van der Waals surface area contributed by atoms with Crippen molar-refractivity contribution in [3.63, 3.8) is 0 Å². The maximum Gasteiger partial charge on any atom is 0.320 e. The second kappa shape index (κ2) is 5.04.